The largest absolute Gasteiger partial charge is 0.416 e. The summed E-state index contributed by atoms with van der Waals surface area (Å²) in [5.74, 6) is -1.34. The van der Waals surface area contributed by atoms with Crippen LogP contribution in [0, 0.1) is 25.2 Å². The number of hydrogen-bond acceptors (Lipinski definition) is 2. The molecule has 0 spiro atoms. The summed E-state index contributed by atoms with van der Waals surface area (Å²) in [6, 6.07) is 6.82. The van der Waals surface area contributed by atoms with E-state index >= 15 is 0 Å². The lowest BCUT2D eigenvalue weighted by atomic mass is 9.64. The van der Waals surface area contributed by atoms with Crippen molar-refractivity contribution in [3.63, 3.8) is 0 Å². The lowest BCUT2D eigenvalue weighted by molar-refractivity contribution is -0.143. The molecular formula is C26H25F6NO2. The third-order valence-corrected chi connectivity index (χ3v) is 7.31. The monoisotopic (exact) mass is 497 g/mol. The number of carbonyl (C=O) groups excluding carboxylic acids is 2. The van der Waals surface area contributed by atoms with Gasteiger partial charge in [0.05, 0.1) is 22.5 Å². The summed E-state index contributed by atoms with van der Waals surface area (Å²) in [5, 5.41) is 0. The van der Waals surface area contributed by atoms with E-state index in [1.54, 1.807) is 4.90 Å². The highest BCUT2D eigenvalue weighted by molar-refractivity contribution is 6.05. The van der Waals surface area contributed by atoms with Gasteiger partial charge >= 0.3 is 12.4 Å². The molecule has 0 radical (unpaired) electrons. The zero-order valence-corrected chi connectivity index (χ0v) is 19.3. The Balaban J connectivity index is 1.72. The summed E-state index contributed by atoms with van der Waals surface area (Å²) < 4.78 is 79.8. The Kier molecular flexibility index (Phi) is 6.26. The number of para-hydroxylation sites is 1. The van der Waals surface area contributed by atoms with Gasteiger partial charge in [0.1, 0.15) is 5.78 Å². The number of anilines is 1. The fraction of sp³-hybridized carbons (Fsp3) is 0.462. The highest BCUT2D eigenvalue weighted by Gasteiger charge is 2.57. The third-order valence-electron chi connectivity index (χ3n) is 7.31. The van der Waals surface area contributed by atoms with E-state index in [0.29, 0.717) is 37.1 Å². The van der Waals surface area contributed by atoms with Gasteiger partial charge in [-0.3, -0.25) is 9.59 Å². The number of ketones is 1. The Morgan fingerprint density at radius 3 is 2.09 bits per heavy atom. The lowest BCUT2D eigenvalue weighted by Gasteiger charge is -2.36. The second-order valence-corrected chi connectivity index (χ2v) is 9.63. The molecule has 2 unspecified atom stereocenters. The number of halogens is 6. The lowest BCUT2D eigenvalue weighted by Crippen LogP contribution is -2.42. The van der Waals surface area contributed by atoms with Gasteiger partial charge in [0.2, 0.25) is 5.91 Å². The van der Waals surface area contributed by atoms with Crippen molar-refractivity contribution in [3.8, 4) is 0 Å². The van der Waals surface area contributed by atoms with Crippen LogP contribution in [-0.4, -0.2) is 18.2 Å². The SMILES string of the molecule is Cc1cccc(C)c1N1CC2(C(=O)Cc3cc(C(F)(F)F)cc(C(F)(F)F)c3)CCCCC2C1=O. The number of nitrogens with zero attached hydrogens (tertiary/aromatic N) is 1. The number of fused-ring (bicyclic) bond motifs is 1. The second-order valence-electron chi connectivity index (χ2n) is 9.63. The second kappa shape index (κ2) is 8.68. The first-order valence-electron chi connectivity index (χ1n) is 11.4. The molecule has 9 heteroatoms. The number of rotatable bonds is 4. The minimum Gasteiger partial charge on any atom is -0.311 e. The molecule has 2 aromatic rings. The van der Waals surface area contributed by atoms with E-state index in [-0.39, 0.29) is 24.1 Å². The van der Waals surface area contributed by atoms with Crippen molar-refractivity contribution in [2.24, 2.45) is 11.3 Å². The molecule has 1 aliphatic heterocycles. The van der Waals surface area contributed by atoms with Crippen LogP contribution in [-0.2, 0) is 28.4 Å². The number of amides is 1. The molecular weight excluding hydrogens is 472 g/mol. The minimum atomic E-state index is -4.99. The minimum absolute atomic E-state index is 0.0530. The number of aryl methyl sites for hydroxylation is 2. The first-order valence-corrected chi connectivity index (χ1v) is 11.4. The number of hydrogen-bond donors (Lipinski definition) is 0. The standard InChI is InChI=1S/C26H25F6NO2/c1-15-6-5-7-16(2)22(15)33-14-24(9-4-3-8-20(24)23(33)35)21(34)12-17-10-18(25(27,28)29)13-19(11-17)26(30,31)32/h5-7,10-11,13,20H,3-4,8-9,12,14H2,1-2H3. The van der Waals surface area contributed by atoms with Gasteiger partial charge in [-0.05, 0) is 61.6 Å². The van der Waals surface area contributed by atoms with E-state index in [1.165, 1.54) is 0 Å². The average Bonchev–Trinajstić information content (AvgIpc) is 3.06. The van der Waals surface area contributed by atoms with Gasteiger partial charge in [0.15, 0.2) is 0 Å². The molecule has 3 nitrogen and oxygen atoms in total. The van der Waals surface area contributed by atoms with E-state index in [1.807, 2.05) is 32.0 Å². The molecule has 4 rings (SSSR count). The summed E-state index contributed by atoms with van der Waals surface area (Å²) in [5.41, 5.74) is -1.98. The van der Waals surface area contributed by atoms with Crippen molar-refractivity contribution in [2.75, 3.05) is 11.4 Å². The first-order chi connectivity index (χ1) is 16.2. The average molecular weight is 497 g/mol. The third kappa shape index (κ3) is 4.57. The van der Waals surface area contributed by atoms with Crippen molar-refractivity contribution >= 4 is 17.4 Å². The zero-order valence-electron chi connectivity index (χ0n) is 19.3. The highest BCUT2D eigenvalue weighted by Crippen LogP contribution is 2.50. The summed E-state index contributed by atoms with van der Waals surface area (Å²) in [4.78, 5) is 28.7. The predicted octanol–water partition coefficient (Wildman–Crippen LogP) is 6.68. The number of carbonyl (C=O) groups is 2. The van der Waals surface area contributed by atoms with Gasteiger partial charge < -0.3 is 4.90 Å². The van der Waals surface area contributed by atoms with Gasteiger partial charge in [-0.1, -0.05) is 31.0 Å². The Morgan fingerprint density at radius 1 is 0.971 bits per heavy atom. The molecule has 0 N–H and O–H groups in total. The van der Waals surface area contributed by atoms with Crippen molar-refractivity contribution < 1.29 is 35.9 Å². The van der Waals surface area contributed by atoms with Crippen LogP contribution in [0.15, 0.2) is 36.4 Å². The molecule has 1 amide bonds. The smallest absolute Gasteiger partial charge is 0.311 e. The normalized spacial score (nSPS) is 22.9. The van der Waals surface area contributed by atoms with E-state index in [0.717, 1.165) is 17.5 Å². The van der Waals surface area contributed by atoms with Crippen LogP contribution in [0.5, 0.6) is 0 Å². The van der Waals surface area contributed by atoms with Gasteiger partial charge in [-0.15, -0.1) is 0 Å². The Labute approximate surface area is 199 Å². The van der Waals surface area contributed by atoms with Crippen molar-refractivity contribution in [1.82, 2.24) is 0 Å². The highest BCUT2D eigenvalue weighted by atomic mass is 19.4. The molecule has 0 aromatic heterocycles. The van der Waals surface area contributed by atoms with Crippen LogP contribution in [0.25, 0.3) is 0 Å². The fourth-order valence-corrected chi connectivity index (χ4v) is 5.66. The maximum atomic E-state index is 13.6. The van der Waals surface area contributed by atoms with E-state index in [4.69, 9.17) is 0 Å². The van der Waals surface area contributed by atoms with Crippen LogP contribution in [0.4, 0.5) is 32.0 Å². The number of benzene rings is 2. The van der Waals surface area contributed by atoms with Crippen molar-refractivity contribution in [3.05, 3.63) is 64.2 Å². The topological polar surface area (TPSA) is 37.4 Å². The van der Waals surface area contributed by atoms with E-state index in [9.17, 15) is 35.9 Å². The summed E-state index contributed by atoms with van der Waals surface area (Å²) in [6.07, 6.45) is -8.37. The van der Waals surface area contributed by atoms with Gasteiger partial charge in [-0.25, -0.2) is 0 Å². The van der Waals surface area contributed by atoms with Crippen LogP contribution in [0.3, 0.4) is 0 Å². The molecule has 35 heavy (non-hydrogen) atoms. The van der Waals surface area contributed by atoms with Gasteiger partial charge in [0, 0.05) is 18.7 Å². The van der Waals surface area contributed by atoms with Crippen LogP contribution in [0.1, 0.15) is 53.5 Å². The molecule has 2 atom stereocenters. The van der Waals surface area contributed by atoms with Crippen molar-refractivity contribution in [1.29, 1.82) is 0 Å². The maximum Gasteiger partial charge on any atom is 0.416 e. The van der Waals surface area contributed by atoms with Gasteiger partial charge in [-0.2, -0.15) is 26.3 Å². The molecule has 2 aliphatic rings. The summed E-state index contributed by atoms with van der Waals surface area (Å²) in [7, 11) is 0. The Hall–Kier alpha value is -2.84. The van der Waals surface area contributed by atoms with E-state index in [2.05, 4.69) is 0 Å². The summed E-state index contributed by atoms with van der Waals surface area (Å²) >= 11 is 0. The Morgan fingerprint density at radius 2 is 1.54 bits per heavy atom. The first kappa shape index (κ1) is 25.3. The Bertz CT molecular complexity index is 1120. The van der Waals surface area contributed by atoms with Crippen molar-refractivity contribution in [2.45, 2.75) is 58.3 Å². The van der Waals surface area contributed by atoms with Crippen LogP contribution >= 0.6 is 0 Å². The molecule has 1 heterocycles. The molecule has 0 bridgehead atoms. The number of Topliss-reactive ketones (excluding diaryl/α,β-unsaturated/α-hetero) is 1. The fourth-order valence-electron chi connectivity index (χ4n) is 5.66. The molecule has 2 aromatic carbocycles. The summed E-state index contributed by atoms with van der Waals surface area (Å²) in [6.45, 7) is 3.78. The van der Waals surface area contributed by atoms with E-state index < -0.39 is 47.0 Å². The van der Waals surface area contributed by atoms with Crippen LogP contribution in [0.2, 0.25) is 0 Å². The van der Waals surface area contributed by atoms with Gasteiger partial charge in [0.25, 0.3) is 0 Å². The quantitative estimate of drug-likeness (QED) is 0.442. The predicted molar refractivity (Wildman–Crippen MR) is 118 cm³/mol. The zero-order chi connectivity index (χ0) is 25.8. The molecule has 2 fully saturated rings. The molecule has 1 aliphatic carbocycles. The number of alkyl halides is 6. The molecule has 1 saturated heterocycles. The van der Waals surface area contributed by atoms with Crippen LogP contribution < -0.4 is 4.90 Å². The molecule has 188 valence electrons. The molecule has 1 saturated carbocycles. The maximum absolute atomic E-state index is 13.6.